The van der Waals surface area contributed by atoms with Gasteiger partial charge in [-0.3, -0.25) is 9.59 Å². The van der Waals surface area contributed by atoms with Crippen molar-refractivity contribution >= 4 is 34.8 Å². The van der Waals surface area contributed by atoms with Gasteiger partial charge in [0, 0.05) is 12.2 Å². The van der Waals surface area contributed by atoms with E-state index in [1.54, 1.807) is 30.3 Å². The molecule has 154 valence electrons. The van der Waals surface area contributed by atoms with Gasteiger partial charge in [-0.05, 0) is 48.1 Å². The fourth-order valence-corrected chi connectivity index (χ4v) is 3.37. The molecule has 0 unspecified atom stereocenters. The number of thiophene rings is 1. The predicted molar refractivity (Wildman–Crippen MR) is 117 cm³/mol. The van der Waals surface area contributed by atoms with Crippen molar-refractivity contribution in [1.82, 2.24) is 5.32 Å². The maximum Gasteiger partial charge on any atom is 0.338 e. The zero-order valence-electron chi connectivity index (χ0n) is 16.3. The molecule has 0 fully saturated rings. The van der Waals surface area contributed by atoms with E-state index >= 15 is 0 Å². The molecule has 0 saturated carbocycles. The zero-order valence-corrected chi connectivity index (χ0v) is 17.1. The van der Waals surface area contributed by atoms with Gasteiger partial charge >= 0.3 is 5.97 Å². The minimum atomic E-state index is -0.623. The Bertz CT molecular complexity index is 987. The van der Waals surface area contributed by atoms with Gasteiger partial charge in [-0.25, -0.2) is 4.79 Å². The van der Waals surface area contributed by atoms with Gasteiger partial charge in [-0.1, -0.05) is 42.5 Å². The summed E-state index contributed by atoms with van der Waals surface area (Å²) in [5.41, 5.74) is 1.95. The third kappa shape index (κ3) is 6.56. The molecule has 6 nitrogen and oxygen atoms in total. The summed E-state index contributed by atoms with van der Waals surface area (Å²) in [4.78, 5) is 36.8. The highest BCUT2D eigenvalue weighted by molar-refractivity contribution is 7.12. The first kappa shape index (κ1) is 21.3. The number of amides is 2. The molecule has 0 aliphatic carbocycles. The molecule has 2 aromatic carbocycles. The number of anilines is 1. The summed E-state index contributed by atoms with van der Waals surface area (Å²) in [5.74, 6) is -1.22. The van der Waals surface area contributed by atoms with Crippen LogP contribution in [0.25, 0.3) is 0 Å². The van der Waals surface area contributed by atoms with E-state index < -0.39 is 5.97 Å². The normalized spacial score (nSPS) is 10.3. The topological polar surface area (TPSA) is 84.5 Å². The number of nitrogens with one attached hydrogen (secondary N) is 2. The molecular weight excluding hydrogens is 400 g/mol. The maximum atomic E-state index is 12.2. The molecule has 1 aromatic heterocycles. The van der Waals surface area contributed by atoms with Crippen molar-refractivity contribution in [1.29, 1.82) is 0 Å². The molecule has 30 heavy (non-hydrogen) atoms. The maximum absolute atomic E-state index is 12.2. The Balaban J connectivity index is 1.41. The molecule has 0 spiro atoms. The summed E-state index contributed by atoms with van der Waals surface area (Å²) in [6, 6.07) is 19.9. The lowest BCUT2D eigenvalue weighted by atomic mass is 10.1. The van der Waals surface area contributed by atoms with E-state index in [-0.39, 0.29) is 24.0 Å². The molecule has 0 aliphatic rings. The van der Waals surface area contributed by atoms with Crippen LogP contribution in [0.2, 0.25) is 0 Å². The number of benzene rings is 2. The Labute approximate surface area is 178 Å². The second-order valence-electron chi connectivity index (χ2n) is 6.53. The summed E-state index contributed by atoms with van der Waals surface area (Å²) in [6.07, 6.45) is 1.67. The third-order valence-corrected chi connectivity index (χ3v) is 5.11. The van der Waals surface area contributed by atoms with Gasteiger partial charge in [-0.15, -0.1) is 11.3 Å². The Morgan fingerprint density at radius 3 is 2.53 bits per heavy atom. The number of hydrogen-bond acceptors (Lipinski definition) is 5. The monoisotopic (exact) mass is 422 g/mol. The highest BCUT2D eigenvalue weighted by Gasteiger charge is 2.12. The van der Waals surface area contributed by atoms with Crippen LogP contribution in [0, 0.1) is 0 Å². The van der Waals surface area contributed by atoms with Crippen LogP contribution < -0.4 is 10.6 Å². The SMILES string of the molecule is O=C(COC(=O)c1cccc(NC(=O)c2cccs2)c1)NCCCc1ccccc1. The van der Waals surface area contributed by atoms with E-state index in [1.807, 2.05) is 35.7 Å². The lowest BCUT2D eigenvalue weighted by Gasteiger charge is -2.08. The lowest BCUT2D eigenvalue weighted by molar-refractivity contribution is -0.124. The van der Waals surface area contributed by atoms with Crippen LogP contribution in [0.5, 0.6) is 0 Å². The first-order valence-corrected chi connectivity index (χ1v) is 10.4. The molecule has 3 aromatic rings. The van der Waals surface area contributed by atoms with Crippen LogP contribution in [-0.4, -0.2) is 30.9 Å². The van der Waals surface area contributed by atoms with Gasteiger partial charge in [0.05, 0.1) is 10.4 Å². The highest BCUT2D eigenvalue weighted by atomic mass is 32.1. The lowest BCUT2D eigenvalue weighted by Crippen LogP contribution is -2.29. The standard InChI is InChI=1S/C23H22N2O4S/c26-21(24-13-5-9-17-7-2-1-3-8-17)16-29-23(28)18-10-4-11-19(15-18)25-22(27)20-12-6-14-30-20/h1-4,6-8,10-12,14-15H,5,9,13,16H2,(H,24,26)(H,25,27). The Morgan fingerprint density at radius 2 is 1.77 bits per heavy atom. The van der Waals surface area contributed by atoms with E-state index in [9.17, 15) is 14.4 Å². The van der Waals surface area contributed by atoms with Crippen molar-refractivity contribution in [3.8, 4) is 0 Å². The number of ether oxygens (including phenoxy) is 1. The molecule has 0 radical (unpaired) electrons. The van der Waals surface area contributed by atoms with Gasteiger partial charge in [0.15, 0.2) is 6.61 Å². The van der Waals surface area contributed by atoms with E-state index in [0.29, 0.717) is 17.1 Å². The Kier molecular flexibility index (Phi) is 7.74. The molecule has 1 heterocycles. The fourth-order valence-electron chi connectivity index (χ4n) is 2.75. The zero-order chi connectivity index (χ0) is 21.2. The smallest absolute Gasteiger partial charge is 0.338 e. The van der Waals surface area contributed by atoms with Crippen molar-refractivity contribution in [2.75, 3.05) is 18.5 Å². The fraction of sp³-hybridized carbons (Fsp3) is 0.174. The largest absolute Gasteiger partial charge is 0.452 e. The molecule has 0 bridgehead atoms. The van der Waals surface area contributed by atoms with Gasteiger partial charge in [0.25, 0.3) is 11.8 Å². The summed E-state index contributed by atoms with van der Waals surface area (Å²) < 4.78 is 5.08. The molecule has 0 aliphatic heterocycles. The van der Waals surface area contributed by atoms with Crippen LogP contribution >= 0.6 is 11.3 Å². The number of rotatable bonds is 9. The minimum Gasteiger partial charge on any atom is -0.452 e. The number of carbonyl (C=O) groups is 3. The minimum absolute atomic E-state index is 0.245. The molecule has 2 N–H and O–H groups in total. The second kappa shape index (κ2) is 10.9. The van der Waals surface area contributed by atoms with Crippen molar-refractivity contribution in [2.24, 2.45) is 0 Å². The number of hydrogen-bond donors (Lipinski definition) is 2. The van der Waals surface area contributed by atoms with Crippen LogP contribution in [-0.2, 0) is 16.0 Å². The number of carbonyl (C=O) groups excluding carboxylic acids is 3. The van der Waals surface area contributed by atoms with Gasteiger partial charge in [0.1, 0.15) is 0 Å². The Morgan fingerprint density at radius 1 is 0.933 bits per heavy atom. The number of esters is 1. The first-order chi connectivity index (χ1) is 14.6. The van der Waals surface area contributed by atoms with Crippen molar-refractivity contribution in [3.05, 3.63) is 88.1 Å². The van der Waals surface area contributed by atoms with Crippen LogP contribution in [0.4, 0.5) is 5.69 Å². The predicted octanol–water partition coefficient (Wildman–Crippen LogP) is 3.91. The third-order valence-electron chi connectivity index (χ3n) is 4.24. The molecule has 2 amide bonds. The molecule has 0 saturated heterocycles. The quantitative estimate of drug-likeness (QED) is 0.405. The summed E-state index contributed by atoms with van der Waals surface area (Å²) in [7, 11) is 0. The molecule has 0 atom stereocenters. The van der Waals surface area contributed by atoms with Crippen molar-refractivity contribution in [3.63, 3.8) is 0 Å². The van der Waals surface area contributed by atoms with Crippen LogP contribution in [0.15, 0.2) is 72.1 Å². The Hall–Kier alpha value is -3.45. The summed E-state index contributed by atoms with van der Waals surface area (Å²) in [5, 5.41) is 7.29. The second-order valence-corrected chi connectivity index (χ2v) is 7.48. The number of aryl methyl sites for hydroxylation is 1. The average Bonchev–Trinajstić information content (AvgIpc) is 3.31. The highest BCUT2D eigenvalue weighted by Crippen LogP contribution is 2.15. The van der Waals surface area contributed by atoms with Gasteiger partial charge in [0.2, 0.25) is 0 Å². The van der Waals surface area contributed by atoms with Gasteiger partial charge in [-0.2, -0.15) is 0 Å². The van der Waals surface area contributed by atoms with Gasteiger partial charge < -0.3 is 15.4 Å². The molecule has 3 rings (SSSR count). The molecule has 7 heteroatoms. The molecular formula is C23H22N2O4S. The van der Waals surface area contributed by atoms with E-state index in [2.05, 4.69) is 10.6 Å². The first-order valence-electron chi connectivity index (χ1n) is 9.54. The van der Waals surface area contributed by atoms with Crippen LogP contribution in [0.3, 0.4) is 0 Å². The summed E-state index contributed by atoms with van der Waals surface area (Å²) >= 11 is 1.33. The van der Waals surface area contributed by atoms with E-state index in [4.69, 9.17) is 4.74 Å². The average molecular weight is 423 g/mol. The summed E-state index contributed by atoms with van der Waals surface area (Å²) in [6.45, 7) is 0.158. The van der Waals surface area contributed by atoms with E-state index in [1.165, 1.54) is 23.0 Å². The van der Waals surface area contributed by atoms with Crippen molar-refractivity contribution < 1.29 is 19.1 Å². The van der Waals surface area contributed by atoms with Crippen LogP contribution in [0.1, 0.15) is 32.0 Å². The van der Waals surface area contributed by atoms with E-state index in [0.717, 1.165) is 12.8 Å². The van der Waals surface area contributed by atoms with Crippen molar-refractivity contribution in [2.45, 2.75) is 12.8 Å².